The Bertz CT molecular complexity index is 962. The van der Waals surface area contributed by atoms with Crippen molar-refractivity contribution in [3.05, 3.63) is 66.7 Å². The van der Waals surface area contributed by atoms with Crippen molar-refractivity contribution in [3.63, 3.8) is 0 Å². The van der Waals surface area contributed by atoms with Gasteiger partial charge in [0, 0.05) is 5.39 Å². The summed E-state index contributed by atoms with van der Waals surface area (Å²) in [6, 6.07) is 19.1. The summed E-state index contributed by atoms with van der Waals surface area (Å²) in [6.45, 7) is 0. The number of anilines is 1. The fraction of sp³-hybridized carbons (Fsp3) is 0. The summed E-state index contributed by atoms with van der Waals surface area (Å²) in [5, 5.41) is 10.1. The van der Waals surface area contributed by atoms with Crippen LogP contribution in [0.3, 0.4) is 0 Å². The Balaban J connectivity index is 1.78. The van der Waals surface area contributed by atoms with Crippen molar-refractivity contribution < 1.29 is 13.0 Å². The van der Waals surface area contributed by atoms with Crippen LogP contribution in [0.1, 0.15) is 0 Å². The van der Waals surface area contributed by atoms with E-state index in [1.807, 2.05) is 42.5 Å². The largest absolute Gasteiger partial charge is 0.294 e. The Labute approximate surface area is 133 Å². The minimum absolute atomic E-state index is 0.172. The van der Waals surface area contributed by atoms with Crippen molar-refractivity contribution in [1.82, 2.24) is 0 Å². The van der Waals surface area contributed by atoms with Gasteiger partial charge in [0.05, 0.1) is 16.3 Å². The molecule has 0 radical (unpaired) electrons. The predicted molar refractivity (Wildman–Crippen MR) is 88.3 cm³/mol. The molecule has 0 aliphatic heterocycles. The van der Waals surface area contributed by atoms with Crippen molar-refractivity contribution in [2.24, 2.45) is 10.3 Å². The second-order valence-electron chi connectivity index (χ2n) is 4.81. The van der Waals surface area contributed by atoms with Gasteiger partial charge in [-0.2, -0.15) is 8.42 Å². The third-order valence-corrected chi connectivity index (χ3v) is 4.12. The van der Waals surface area contributed by atoms with E-state index in [9.17, 15) is 8.42 Å². The molecule has 23 heavy (non-hydrogen) atoms. The summed E-state index contributed by atoms with van der Waals surface area (Å²) in [7, 11) is -4.19. The normalized spacial score (nSPS) is 11.9. The quantitative estimate of drug-likeness (QED) is 0.427. The highest BCUT2D eigenvalue weighted by Gasteiger charge is 2.08. The van der Waals surface area contributed by atoms with Crippen LogP contribution in [0.4, 0.5) is 11.4 Å². The number of nitrogens with one attached hydrogen (secondary N) is 1. The zero-order valence-corrected chi connectivity index (χ0v) is 12.7. The first-order chi connectivity index (χ1) is 11.0. The van der Waals surface area contributed by atoms with Gasteiger partial charge < -0.3 is 0 Å². The first-order valence-electron chi connectivity index (χ1n) is 6.76. The summed E-state index contributed by atoms with van der Waals surface area (Å²) in [6.07, 6.45) is 0. The lowest BCUT2D eigenvalue weighted by atomic mass is 10.1. The second kappa shape index (κ2) is 6.15. The molecule has 7 heteroatoms. The van der Waals surface area contributed by atoms with Gasteiger partial charge in [0.15, 0.2) is 0 Å². The zero-order chi connectivity index (χ0) is 16.3. The number of hydrogen-bond donors (Lipinski definition) is 2. The van der Waals surface area contributed by atoms with Crippen molar-refractivity contribution in [3.8, 4) is 0 Å². The maximum absolute atomic E-state index is 11.0. The van der Waals surface area contributed by atoms with Crippen LogP contribution in [-0.4, -0.2) is 13.0 Å². The zero-order valence-electron chi connectivity index (χ0n) is 11.9. The lowest BCUT2D eigenvalue weighted by Gasteiger charge is -2.02. The van der Waals surface area contributed by atoms with E-state index in [2.05, 4.69) is 15.8 Å². The molecule has 3 aromatic carbocycles. The molecule has 0 unspecified atom stereocenters. The van der Waals surface area contributed by atoms with Gasteiger partial charge in [0.2, 0.25) is 0 Å². The third kappa shape index (κ3) is 3.53. The van der Waals surface area contributed by atoms with Gasteiger partial charge in [0.25, 0.3) is 10.1 Å². The van der Waals surface area contributed by atoms with E-state index in [4.69, 9.17) is 4.55 Å². The van der Waals surface area contributed by atoms with Crippen molar-refractivity contribution in [2.75, 3.05) is 5.43 Å². The summed E-state index contributed by atoms with van der Waals surface area (Å²) >= 11 is 0. The Morgan fingerprint density at radius 2 is 1.57 bits per heavy atom. The van der Waals surface area contributed by atoms with Crippen LogP contribution in [0.5, 0.6) is 0 Å². The lowest BCUT2D eigenvalue weighted by molar-refractivity contribution is 0.483. The van der Waals surface area contributed by atoms with E-state index < -0.39 is 10.1 Å². The van der Waals surface area contributed by atoms with Crippen molar-refractivity contribution in [2.45, 2.75) is 4.90 Å². The van der Waals surface area contributed by atoms with Gasteiger partial charge in [0.1, 0.15) is 0 Å². The molecule has 0 aromatic heterocycles. The molecule has 0 heterocycles. The highest BCUT2D eigenvalue weighted by Crippen LogP contribution is 2.25. The Hall–Kier alpha value is -2.77. The molecule has 0 bridgehead atoms. The highest BCUT2D eigenvalue weighted by molar-refractivity contribution is 7.85. The van der Waals surface area contributed by atoms with Crippen LogP contribution < -0.4 is 5.43 Å². The molecule has 0 amide bonds. The van der Waals surface area contributed by atoms with Crippen LogP contribution in [0.15, 0.2) is 82.0 Å². The van der Waals surface area contributed by atoms with Gasteiger partial charge in [-0.15, -0.1) is 5.11 Å². The fourth-order valence-electron chi connectivity index (χ4n) is 2.13. The molecule has 0 fully saturated rings. The van der Waals surface area contributed by atoms with E-state index in [1.165, 1.54) is 24.3 Å². The lowest BCUT2D eigenvalue weighted by Crippen LogP contribution is -1.97. The molecule has 0 spiro atoms. The smallest absolute Gasteiger partial charge is 0.282 e. The molecule has 3 rings (SSSR count). The number of rotatable bonds is 4. The van der Waals surface area contributed by atoms with E-state index in [0.717, 1.165) is 16.5 Å². The number of fused-ring (bicyclic) bond motifs is 1. The van der Waals surface area contributed by atoms with Gasteiger partial charge in [-0.3, -0.25) is 9.98 Å². The van der Waals surface area contributed by atoms with Crippen LogP contribution in [0.2, 0.25) is 0 Å². The van der Waals surface area contributed by atoms with Crippen LogP contribution in [0, 0.1) is 0 Å². The SMILES string of the molecule is O=S(=O)(O)c1ccc(NN=Nc2cccc3ccccc23)cc1. The third-order valence-electron chi connectivity index (χ3n) is 3.26. The average molecular weight is 327 g/mol. The van der Waals surface area contributed by atoms with Crippen LogP contribution >= 0.6 is 0 Å². The molecule has 0 atom stereocenters. The topological polar surface area (TPSA) is 91.1 Å². The first kappa shape index (κ1) is 15.1. The molecule has 0 aliphatic carbocycles. The molecule has 3 aromatic rings. The predicted octanol–water partition coefficient (Wildman–Crippen LogP) is 4.20. The minimum Gasteiger partial charge on any atom is -0.282 e. The van der Waals surface area contributed by atoms with Crippen LogP contribution in [-0.2, 0) is 10.1 Å². The van der Waals surface area contributed by atoms with Crippen molar-refractivity contribution in [1.29, 1.82) is 0 Å². The summed E-state index contributed by atoms with van der Waals surface area (Å²) in [5.74, 6) is 0. The number of nitrogens with zero attached hydrogens (tertiary/aromatic N) is 2. The van der Waals surface area contributed by atoms with E-state index in [1.54, 1.807) is 0 Å². The van der Waals surface area contributed by atoms with Gasteiger partial charge in [-0.25, -0.2) is 0 Å². The van der Waals surface area contributed by atoms with E-state index in [-0.39, 0.29) is 4.90 Å². The molecule has 0 saturated heterocycles. The highest BCUT2D eigenvalue weighted by atomic mass is 32.2. The molecular weight excluding hydrogens is 314 g/mol. The fourth-order valence-corrected chi connectivity index (χ4v) is 2.61. The maximum Gasteiger partial charge on any atom is 0.294 e. The summed E-state index contributed by atoms with van der Waals surface area (Å²) in [4.78, 5) is -0.172. The average Bonchev–Trinajstić information content (AvgIpc) is 2.55. The van der Waals surface area contributed by atoms with E-state index in [0.29, 0.717) is 5.69 Å². The molecule has 0 aliphatic rings. The number of benzene rings is 3. The second-order valence-corrected chi connectivity index (χ2v) is 6.23. The minimum atomic E-state index is -4.19. The Morgan fingerprint density at radius 1 is 0.870 bits per heavy atom. The van der Waals surface area contributed by atoms with E-state index >= 15 is 0 Å². The molecule has 6 nitrogen and oxygen atoms in total. The standard InChI is InChI=1S/C16H13N3O3S/c20-23(21,22)14-10-8-13(9-11-14)17-19-18-16-7-3-5-12-4-1-2-6-15(12)16/h1-11H,(H,17,18)(H,20,21,22). The molecule has 0 saturated carbocycles. The molecular formula is C16H13N3O3S. The van der Waals surface area contributed by atoms with Crippen LogP contribution in [0.25, 0.3) is 10.8 Å². The van der Waals surface area contributed by atoms with Gasteiger partial charge in [-0.05, 0) is 35.7 Å². The first-order valence-corrected chi connectivity index (χ1v) is 8.20. The van der Waals surface area contributed by atoms with Gasteiger partial charge in [-0.1, -0.05) is 41.6 Å². The Kier molecular flexibility index (Phi) is 4.05. The summed E-state index contributed by atoms with van der Waals surface area (Å²) < 4.78 is 30.8. The number of hydrogen-bond acceptors (Lipinski definition) is 4. The Morgan fingerprint density at radius 3 is 2.30 bits per heavy atom. The summed E-state index contributed by atoms with van der Waals surface area (Å²) in [5.41, 5.74) is 4.00. The van der Waals surface area contributed by atoms with Crippen molar-refractivity contribution >= 4 is 32.3 Å². The molecule has 2 N–H and O–H groups in total. The monoisotopic (exact) mass is 327 g/mol. The van der Waals surface area contributed by atoms with Gasteiger partial charge >= 0.3 is 0 Å². The molecule has 116 valence electrons. The maximum atomic E-state index is 11.0.